The standard InChI is InChI=1S/C16H19ClN4O2S/c1-10(2)19-15(23)20-14(22)9-24-16-18-7-8-21(16)13-6-4-5-12(17)11(13)3/h4-8,10H,9H2,1-3H3,(H2,19,20,22,23). The van der Waals surface area contributed by atoms with Gasteiger partial charge in [0.05, 0.1) is 11.4 Å². The molecule has 0 unspecified atom stereocenters. The lowest BCUT2D eigenvalue weighted by atomic mass is 10.2. The molecule has 128 valence electrons. The lowest BCUT2D eigenvalue weighted by Crippen LogP contribution is -2.43. The van der Waals surface area contributed by atoms with Gasteiger partial charge in [0, 0.05) is 23.5 Å². The SMILES string of the molecule is Cc1c(Cl)cccc1-n1ccnc1SCC(=O)NC(=O)NC(C)C. The van der Waals surface area contributed by atoms with Gasteiger partial charge in [-0.3, -0.25) is 14.7 Å². The first-order valence-electron chi connectivity index (χ1n) is 7.40. The number of urea groups is 1. The number of thioether (sulfide) groups is 1. The molecule has 0 spiro atoms. The number of carbonyl (C=O) groups excluding carboxylic acids is 2. The van der Waals surface area contributed by atoms with Crippen LogP contribution in [0.3, 0.4) is 0 Å². The van der Waals surface area contributed by atoms with Gasteiger partial charge in [-0.15, -0.1) is 0 Å². The number of amides is 3. The van der Waals surface area contributed by atoms with Gasteiger partial charge in [-0.25, -0.2) is 9.78 Å². The first-order valence-corrected chi connectivity index (χ1v) is 8.77. The van der Waals surface area contributed by atoms with E-state index in [0.717, 1.165) is 11.3 Å². The molecule has 8 heteroatoms. The molecule has 6 nitrogen and oxygen atoms in total. The smallest absolute Gasteiger partial charge is 0.321 e. The minimum absolute atomic E-state index is 0.0323. The van der Waals surface area contributed by atoms with Gasteiger partial charge in [0.2, 0.25) is 5.91 Å². The van der Waals surface area contributed by atoms with E-state index < -0.39 is 6.03 Å². The van der Waals surface area contributed by atoms with E-state index in [4.69, 9.17) is 11.6 Å². The number of imidazole rings is 1. The molecule has 1 aromatic carbocycles. The molecule has 1 heterocycles. The summed E-state index contributed by atoms with van der Waals surface area (Å²) in [7, 11) is 0. The lowest BCUT2D eigenvalue weighted by Gasteiger charge is -2.12. The van der Waals surface area contributed by atoms with Gasteiger partial charge in [0.1, 0.15) is 0 Å². The van der Waals surface area contributed by atoms with Crippen LogP contribution in [0, 0.1) is 6.92 Å². The molecule has 0 aliphatic heterocycles. The molecular weight excluding hydrogens is 348 g/mol. The maximum Gasteiger partial charge on any atom is 0.321 e. The van der Waals surface area contributed by atoms with Crippen molar-refractivity contribution in [3.05, 3.63) is 41.2 Å². The average Bonchev–Trinajstić information content (AvgIpc) is 2.95. The predicted octanol–water partition coefficient (Wildman–Crippen LogP) is 3.16. The topological polar surface area (TPSA) is 76.0 Å². The zero-order valence-corrected chi connectivity index (χ0v) is 15.2. The molecule has 1 aromatic heterocycles. The summed E-state index contributed by atoms with van der Waals surface area (Å²) in [5.74, 6) is -0.294. The van der Waals surface area contributed by atoms with Crippen molar-refractivity contribution in [1.29, 1.82) is 0 Å². The molecule has 2 N–H and O–H groups in total. The van der Waals surface area contributed by atoms with E-state index >= 15 is 0 Å². The molecular formula is C16H19ClN4O2S. The molecule has 0 radical (unpaired) electrons. The Labute approximate surface area is 150 Å². The fourth-order valence-electron chi connectivity index (χ4n) is 2.03. The summed E-state index contributed by atoms with van der Waals surface area (Å²) in [5.41, 5.74) is 1.83. The summed E-state index contributed by atoms with van der Waals surface area (Å²) in [6.45, 7) is 5.57. The van der Waals surface area contributed by atoms with Gasteiger partial charge in [0.15, 0.2) is 5.16 Å². The number of aromatic nitrogens is 2. The van der Waals surface area contributed by atoms with Gasteiger partial charge in [-0.1, -0.05) is 29.4 Å². The fraction of sp³-hybridized carbons (Fsp3) is 0.312. The zero-order valence-electron chi connectivity index (χ0n) is 13.7. The Hall–Kier alpha value is -1.99. The van der Waals surface area contributed by atoms with Crippen molar-refractivity contribution in [3.8, 4) is 5.69 Å². The second kappa shape index (κ2) is 8.21. The van der Waals surface area contributed by atoms with E-state index in [2.05, 4.69) is 15.6 Å². The van der Waals surface area contributed by atoms with Crippen LogP contribution in [-0.4, -0.2) is 33.3 Å². The molecule has 0 saturated heterocycles. The zero-order chi connectivity index (χ0) is 17.7. The monoisotopic (exact) mass is 366 g/mol. The van der Waals surface area contributed by atoms with Crippen LogP contribution in [0.15, 0.2) is 35.7 Å². The molecule has 0 atom stereocenters. The molecule has 3 amide bonds. The van der Waals surface area contributed by atoms with Gasteiger partial charge in [0.25, 0.3) is 0 Å². The van der Waals surface area contributed by atoms with Crippen LogP contribution in [0.5, 0.6) is 0 Å². The van der Waals surface area contributed by atoms with Crippen LogP contribution in [0.25, 0.3) is 5.69 Å². The molecule has 0 aliphatic rings. The van der Waals surface area contributed by atoms with E-state index in [0.29, 0.717) is 10.2 Å². The third kappa shape index (κ3) is 4.75. The van der Waals surface area contributed by atoms with Crippen molar-refractivity contribution in [2.75, 3.05) is 5.75 Å². The van der Waals surface area contributed by atoms with Crippen LogP contribution in [-0.2, 0) is 4.79 Å². The predicted molar refractivity (Wildman–Crippen MR) is 95.8 cm³/mol. The summed E-state index contributed by atoms with van der Waals surface area (Å²) in [6, 6.07) is 5.09. The number of imide groups is 1. The third-order valence-electron chi connectivity index (χ3n) is 3.11. The number of hydrogen-bond donors (Lipinski definition) is 2. The van der Waals surface area contributed by atoms with Crippen molar-refractivity contribution in [3.63, 3.8) is 0 Å². The molecule has 2 aromatic rings. The Morgan fingerprint density at radius 1 is 1.38 bits per heavy atom. The summed E-state index contributed by atoms with van der Waals surface area (Å²) in [5, 5.41) is 6.21. The van der Waals surface area contributed by atoms with E-state index in [1.807, 2.05) is 49.7 Å². The van der Waals surface area contributed by atoms with Crippen molar-refractivity contribution in [2.24, 2.45) is 0 Å². The highest BCUT2D eigenvalue weighted by atomic mass is 35.5. The Bertz CT molecular complexity index is 745. The van der Waals surface area contributed by atoms with Gasteiger partial charge in [-0.2, -0.15) is 0 Å². The van der Waals surface area contributed by atoms with Gasteiger partial charge >= 0.3 is 6.03 Å². The van der Waals surface area contributed by atoms with Crippen LogP contribution in [0.2, 0.25) is 5.02 Å². The van der Waals surface area contributed by atoms with E-state index in [-0.39, 0.29) is 17.7 Å². The molecule has 0 saturated carbocycles. The first-order chi connectivity index (χ1) is 11.4. The first kappa shape index (κ1) is 18.4. The summed E-state index contributed by atoms with van der Waals surface area (Å²) < 4.78 is 1.87. The summed E-state index contributed by atoms with van der Waals surface area (Å²) >= 11 is 7.41. The molecule has 0 fully saturated rings. The van der Waals surface area contributed by atoms with E-state index in [1.54, 1.807) is 6.20 Å². The number of halogens is 1. The van der Waals surface area contributed by atoms with E-state index in [9.17, 15) is 9.59 Å². The molecule has 24 heavy (non-hydrogen) atoms. The lowest BCUT2D eigenvalue weighted by molar-refractivity contribution is -0.117. The maximum atomic E-state index is 11.8. The number of hydrogen-bond acceptors (Lipinski definition) is 4. The average molecular weight is 367 g/mol. The maximum absolute atomic E-state index is 11.8. The summed E-state index contributed by atoms with van der Waals surface area (Å²) in [4.78, 5) is 27.6. The van der Waals surface area contributed by atoms with E-state index in [1.165, 1.54) is 11.8 Å². The summed E-state index contributed by atoms with van der Waals surface area (Å²) in [6.07, 6.45) is 3.47. The Morgan fingerprint density at radius 2 is 2.12 bits per heavy atom. The number of rotatable bonds is 5. The number of nitrogens with zero attached hydrogens (tertiary/aromatic N) is 2. The number of carbonyl (C=O) groups is 2. The Morgan fingerprint density at radius 3 is 2.83 bits per heavy atom. The second-order valence-electron chi connectivity index (χ2n) is 5.43. The largest absolute Gasteiger partial charge is 0.336 e. The van der Waals surface area contributed by atoms with Crippen LogP contribution in [0.4, 0.5) is 4.79 Å². The van der Waals surface area contributed by atoms with Gasteiger partial charge < -0.3 is 5.32 Å². The number of benzene rings is 1. The second-order valence-corrected chi connectivity index (χ2v) is 6.78. The quantitative estimate of drug-likeness (QED) is 0.797. The highest BCUT2D eigenvalue weighted by Gasteiger charge is 2.13. The fourth-order valence-corrected chi connectivity index (χ4v) is 2.96. The van der Waals surface area contributed by atoms with Crippen LogP contribution < -0.4 is 10.6 Å². The molecule has 0 bridgehead atoms. The van der Waals surface area contributed by atoms with Crippen molar-refractivity contribution in [2.45, 2.75) is 32.0 Å². The highest BCUT2D eigenvalue weighted by Crippen LogP contribution is 2.26. The number of nitrogens with one attached hydrogen (secondary N) is 2. The molecule has 0 aliphatic carbocycles. The third-order valence-corrected chi connectivity index (χ3v) is 4.49. The van der Waals surface area contributed by atoms with Crippen molar-refractivity contribution >= 4 is 35.3 Å². The van der Waals surface area contributed by atoms with Crippen molar-refractivity contribution < 1.29 is 9.59 Å². The van der Waals surface area contributed by atoms with Crippen LogP contribution in [0.1, 0.15) is 19.4 Å². The normalized spacial score (nSPS) is 10.7. The highest BCUT2D eigenvalue weighted by molar-refractivity contribution is 7.99. The molecule has 2 rings (SSSR count). The van der Waals surface area contributed by atoms with Crippen LogP contribution >= 0.6 is 23.4 Å². The minimum Gasteiger partial charge on any atom is -0.336 e. The van der Waals surface area contributed by atoms with Crippen molar-refractivity contribution in [1.82, 2.24) is 20.2 Å². The minimum atomic E-state index is -0.496. The Kier molecular flexibility index (Phi) is 6.28. The van der Waals surface area contributed by atoms with Gasteiger partial charge in [-0.05, 0) is 38.5 Å². The Balaban J connectivity index is 2.03.